The van der Waals surface area contributed by atoms with Gasteiger partial charge in [0.15, 0.2) is 5.96 Å². The Morgan fingerprint density at radius 2 is 1.88 bits per heavy atom. The van der Waals surface area contributed by atoms with E-state index in [-0.39, 0.29) is 36.4 Å². The summed E-state index contributed by atoms with van der Waals surface area (Å²) in [6, 6.07) is 11.8. The summed E-state index contributed by atoms with van der Waals surface area (Å²) in [5.74, 6) is 1.47. The first kappa shape index (κ1) is 22.5. The largest absolute Gasteiger partial charge is 0.467 e. The lowest BCUT2D eigenvalue weighted by atomic mass is 10.2. The summed E-state index contributed by atoms with van der Waals surface area (Å²) in [6.45, 7) is 1.28. The third-order valence-electron chi connectivity index (χ3n) is 3.56. The number of carbonyl (C=O) groups is 1. The molecule has 1 amide bonds. The van der Waals surface area contributed by atoms with Gasteiger partial charge in [-0.25, -0.2) is 4.99 Å². The summed E-state index contributed by atoms with van der Waals surface area (Å²) >= 11 is 3.43. The Kier molecular flexibility index (Phi) is 9.71. The molecule has 0 spiro atoms. The smallest absolute Gasteiger partial charge is 0.241 e. The van der Waals surface area contributed by atoms with Crippen molar-refractivity contribution in [1.29, 1.82) is 0 Å². The van der Waals surface area contributed by atoms with Crippen LogP contribution in [0.3, 0.4) is 0 Å². The number of hydrogen-bond acceptors (Lipinski definition) is 3. The maximum Gasteiger partial charge on any atom is 0.241 e. The first-order chi connectivity index (χ1) is 12.0. The van der Waals surface area contributed by atoms with Crippen molar-refractivity contribution in [1.82, 2.24) is 15.1 Å². The lowest BCUT2D eigenvalue weighted by Gasteiger charge is -2.22. The van der Waals surface area contributed by atoms with E-state index in [9.17, 15) is 4.79 Å². The molecule has 6 nitrogen and oxygen atoms in total. The van der Waals surface area contributed by atoms with Crippen molar-refractivity contribution in [2.24, 2.45) is 4.99 Å². The van der Waals surface area contributed by atoms with E-state index in [2.05, 4.69) is 26.2 Å². The zero-order chi connectivity index (χ0) is 18.2. The maximum atomic E-state index is 11.9. The molecule has 8 heteroatoms. The summed E-state index contributed by atoms with van der Waals surface area (Å²) in [6.07, 6.45) is 1.64. The summed E-state index contributed by atoms with van der Waals surface area (Å²) in [7, 11) is 5.38. The molecule has 0 unspecified atom stereocenters. The molecule has 142 valence electrons. The number of aliphatic imine (C=N–C) groups is 1. The normalized spacial score (nSPS) is 10.8. The van der Waals surface area contributed by atoms with Crippen molar-refractivity contribution in [3.8, 4) is 0 Å². The highest BCUT2D eigenvalue weighted by atomic mass is 127. The number of benzene rings is 1. The first-order valence-electron chi connectivity index (χ1n) is 7.92. The van der Waals surface area contributed by atoms with E-state index in [4.69, 9.17) is 4.42 Å². The van der Waals surface area contributed by atoms with Crippen LogP contribution in [0.4, 0.5) is 0 Å². The minimum Gasteiger partial charge on any atom is -0.467 e. The van der Waals surface area contributed by atoms with Gasteiger partial charge in [0, 0.05) is 25.6 Å². The molecule has 0 aliphatic heterocycles. The first-order valence-corrected chi connectivity index (χ1v) is 8.71. The zero-order valence-corrected chi connectivity index (χ0v) is 19.0. The highest BCUT2D eigenvalue weighted by molar-refractivity contribution is 14.0. The Hall–Kier alpha value is -1.55. The summed E-state index contributed by atoms with van der Waals surface area (Å²) in [4.78, 5) is 20.0. The highest BCUT2D eigenvalue weighted by Crippen LogP contribution is 2.11. The average molecular weight is 535 g/mol. The summed E-state index contributed by atoms with van der Waals surface area (Å²) in [5.41, 5.74) is 1.09. The highest BCUT2D eigenvalue weighted by Gasteiger charge is 2.11. The van der Waals surface area contributed by atoms with E-state index < -0.39 is 0 Å². The van der Waals surface area contributed by atoms with E-state index in [1.165, 1.54) is 0 Å². The van der Waals surface area contributed by atoms with E-state index >= 15 is 0 Å². The summed E-state index contributed by atoms with van der Waals surface area (Å²) in [5, 5.41) is 3.13. The molecule has 0 atom stereocenters. The number of nitrogens with zero attached hydrogens (tertiary/aromatic N) is 3. The van der Waals surface area contributed by atoms with Crippen LogP contribution in [0, 0.1) is 0 Å². The van der Waals surface area contributed by atoms with E-state index in [1.807, 2.05) is 48.3 Å². The van der Waals surface area contributed by atoms with E-state index in [1.54, 1.807) is 25.3 Å². The summed E-state index contributed by atoms with van der Waals surface area (Å²) < 4.78 is 6.42. The van der Waals surface area contributed by atoms with Crippen LogP contribution in [0.15, 0.2) is 56.5 Å². The van der Waals surface area contributed by atoms with Crippen molar-refractivity contribution >= 4 is 51.8 Å². The number of guanidine groups is 1. The molecule has 0 saturated heterocycles. The molecule has 26 heavy (non-hydrogen) atoms. The second-order valence-corrected chi connectivity index (χ2v) is 6.76. The molecule has 0 saturated carbocycles. The molecule has 1 N–H and O–H groups in total. The van der Waals surface area contributed by atoms with Gasteiger partial charge in [-0.15, -0.1) is 24.0 Å². The maximum absolute atomic E-state index is 11.9. The Balaban J connectivity index is 0.00000338. The standard InChI is InChI=1S/C18H23BrN4O2.HI/c1-22(2)17(24)12-21-18(23(3)13-16-5-4-10-25-16)20-11-14-6-8-15(19)9-7-14;/h4-10H,11-13H2,1-3H3,(H,20,21);1H. The molecular formula is C18H24BrIN4O2. The monoisotopic (exact) mass is 534 g/mol. The Bertz CT molecular complexity index is 702. The van der Waals surface area contributed by atoms with Crippen LogP contribution in [0.5, 0.6) is 0 Å². The van der Waals surface area contributed by atoms with Crippen LogP contribution >= 0.6 is 39.9 Å². The number of rotatable bonds is 6. The Labute approximate surface area is 179 Å². The molecule has 2 aromatic rings. The number of furan rings is 1. The van der Waals surface area contributed by atoms with Crippen LogP contribution in [-0.2, 0) is 17.9 Å². The predicted molar refractivity (Wildman–Crippen MR) is 118 cm³/mol. The number of hydrogen-bond donors (Lipinski definition) is 1. The number of carbonyl (C=O) groups excluding carboxylic acids is 1. The van der Waals surface area contributed by atoms with Crippen LogP contribution in [0.1, 0.15) is 11.3 Å². The molecule has 0 aliphatic rings. The van der Waals surface area contributed by atoms with Crippen LogP contribution in [0.2, 0.25) is 0 Å². The fraction of sp³-hybridized carbons (Fsp3) is 0.333. The van der Waals surface area contributed by atoms with Gasteiger partial charge in [-0.05, 0) is 29.8 Å². The zero-order valence-electron chi connectivity index (χ0n) is 15.1. The van der Waals surface area contributed by atoms with Crippen molar-refractivity contribution in [3.63, 3.8) is 0 Å². The van der Waals surface area contributed by atoms with Gasteiger partial charge in [-0.2, -0.15) is 0 Å². The van der Waals surface area contributed by atoms with Gasteiger partial charge in [0.1, 0.15) is 5.76 Å². The Morgan fingerprint density at radius 1 is 1.19 bits per heavy atom. The molecule has 0 fully saturated rings. The second-order valence-electron chi connectivity index (χ2n) is 5.84. The molecular weight excluding hydrogens is 511 g/mol. The SMILES string of the molecule is CN(C)C(=O)CNC(=NCc1ccc(Br)cc1)N(C)Cc1ccco1.I. The number of amides is 1. The van der Waals surface area contributed by atoms with Crippen molar-refractivity contribution in [2.75, 3.05) is 27.7 Å². The quantitative estimate of drug-likeness (QED) is 0.351. The van der Waals surface area contributed by atoms with Gasteiger partial charge in [0.25, 0.3) is 0 Å². The predicted octanol–water partition coefficient (Wildman–Crippen LogP) is 3.33. The van der Waals surface area contributed by atoms with Crippen molar-refractivity contribution < 1.29 is 9.21 Å². The van der Waals surface area contributed by atoms with E-state index in [0.717, 1.165) is 15.8 Å². The number of halogens is 2. The topological polar surface area (TPSA) is 61.1 Å². The molecule has 2 rings (SSSR count). The average Bonchev–Trinajstić information content (AvgIpc) is 3.08. The molecule has 0 aliphatic carbocycles. The van der Waals surface area contributed by atoms with Crippen LogP contribution < -0.4 is 5.32 Å². The molecule has 1 heterocycles. The molecule has 1 aromatic heterocycles. The van der Waals surface area contributed by atoms with Gasteiger partial charge in [0.2, 0.25) is 5.91 Å². The van der Waals surface area contributed by atoms with Crippen LogP contribution in [0.25, 0.3) is 0 Å². The fourth-order valence-corrected chi connectivity index (χ4v) is 2.36. The molecule has 0 radical (unpaired) electrons. The van der Waals surface area contributed by atoms with Gasteiger partial charge < -0.3 is 19.5 Å². The van der Waals surface area contributed by atoms with Crippen LogP contribution in [-0.4, -0.2) is 49.4 Å². The van der Waals surface area contributed by atoms with Crippen molar-refractivity contribution in [2.45, 2.75) is 13.1 Å². The van der Waals surface area contributed by atoms with Gasteiger partial charge in [-0.3, -0.25) is 4.79 Å². The lowest BCUT2D eigenvalue weighted by molar-refractivity contribution is -0.127. The van der Waals surface area contributed by atoms with Gasteiger partial charge in [-0.1, -0.05) is 28.1 Å². The lowest BCUT2D eigenvalue weighted by Crippen LogP contribution is -2.43. The van der Waals surface area contributed by atoms with Gasteiger partial charge >= 0.3 is 0 Å². The number of likely N-dealkylation sites (N-methyl/N-ethyl adjacent to an activating group) is 1. The third kappa shape index (κ3) is 7.36. The minimum absolute atomic E-state index is 0. The van der Waals surface area contributed by atoms with Gasteiger partial charge in [0.05, 0.1) is 25.9 Å². The van der Waals surface area contributed by atoms with E-state index in [0.29, 0.717) is 19.0 Å². The molecule has 1 aromatic carbocycles. The third-order valence-corrected chi connectivity index (χ3v) is 4.08. The fourth-order valence-electron chi connectivity index (χ4n) is 2.09. The minimum atomic E-state index is -0.0114. The Morgan fingerprint density at radius 3 is 2.46 bits per heavy atom. The molecule has 0 bridgehead atoms. The second kappa shape index (κ2) is 11.2. The van der Waals surface area contributed by atoms with Crippen molar-refractivity contribution in [3.05, 3.63) is 58.5 Å². The number of nitrogens with one attached hydrogen (secondary N) is 1.